The Labute approximate surface area is 88.3 Å². The summed E-state index contributed by atoms with van der Waals surface area (Å²) in [4.78, 5) is 7.08. The van der Waals surface area contributed by atoms with Gasteiger partial charge in [-0.2, -0.15) is 0 Å². The molecule has 14 heavy (non-hydrogen) atoms. The third kappa shape index (κ3) is 2.22. The molecular formula is C6H8N6S2. The maximum Gasteiger partial charge on any atom is 0.219 e. The van der Waals surface area contributed by atoms with Gasteiger partial charge in [-0.05, 0) is 0 Å². The van der Waals surface area contributed by atoms with Crippen molar-refractivity contribution in [3.8, 4) is 0 Å². The highest BCUT2D eigenvalue weighted by molar-refractivity contribution is 7.98. The Kier molecular flexibility index (Phi) is 2.96. The molecule has 0 aliphatic heterocycles. The summed E-state index contributed by atoms with van der Waals surface area (Å²) in [5, 5.41) is 10.2. The van der Waals surface area contributed by atoms with Crippen molar-refractivity contribution in [2.45, 2.75) is 10.9 Å². The minimum atomic E-state index is 0.625. The van der Waals surface area contributed by atoms with E-state index in [1.165, 1.54) is 11.3 Å². The Morgan fingerprint density at radius 1 is 1.57 bits per heavy atom. The Morgan fingerprint density at radius 2 is 2.50 bits per heavy atom. The van der Waals surface area contributed by atoms with E-state index >= 15 is 0 Å². The second kappa shape index (κ2) is 4.40. The SMILES string of the molecule is NNc1nnc(CSc2ncc[nH]2)s1. The lowest BCUT2D eigenvalue weighted by atomic mass is 10.9. The molecule has 0 radical (unpaired) electrons. The van der Waals surface area contributed by atoms with Crippen molar-refractivity contribution in [3.63, 3.8) is 0 Å². The van der Waals surface area contributed by atoms with Crippen molar-refractivity contribution in [2.75, 3.05) is 5.43 Å². The van der Waals surface area contributed by atoms with E-state index in [9.17, 15) is 0 Å². The number of nitrogens with two attached hydrogens (primary N) is 1. The predicted molar refractivity (Wildman–Crippen MR) is 55.9 cm³/mol. The van der Waals surface area contributed by atoms with Crippen molar-refractivity contribution in [1.29, 1.82) is 0 Å². The van der Waals surface area contributed by atoms with Gasteiger partial charge in [-0.1, -0.05) is 23.1 Å². The maximum absolute atomic E-state index is 5.19. The first-order chi connectivity index (χ1) is 6.88. The van der Waals surface area contributed by atoms with E-state index in [0.29, 0.717) is 5.13 Å². The molecule has 0 unspecified atom stereocenters. The molecule has 0 atom stereocenters. The van der Waals surface area contributed by atoms with Crippen LogP contribution < -0.4 is 11.3 Å². The summed E-state index contributed by atoms with van der Waals surface area (Å²) >= 11 is 3.01. The van der Waals surface area contributed by atoms with Crippen molar-refractivity contribution >= 4 is 28.2 Å². The van der Waals surface area contributed by atoms with Crippen LogP contribution in [-0.2, 0) is 5.75 Å². The fourth-order valence-electron chi connectivity index (χ4n) is 0.830. The van der Waals surface area contributed by atoms with Crippen LogP contribution in [0.4, 0.5) is 5.13 Å². The van der Waals surface area contributed by atoms with Gasteiger partial charge in [0, 0.05) is 12.4 Å². The van der Waals surface area contributed by atoms with Crippen molar-refractivity contribution in [3.05, 3.63) is 17.4 Å². The zero-order valence-electron chi connectivity index (χ0n) is 7.10. The molecule has 2 heterocycles. The molecule has 0 aromatic carbocycles. The number of aromatic amines is 1. The first-order valence-corrected chi connectivity index (χ1v) is 5.60. The van der Waals surface area contributed by atoms with Crippen LogP contribution in [0.2, 0.25) is 0 Å². The number of aromatic nitrogens is 4. The zero-order chi connectivity index (χ0) is 9.80. The summed E-state index contributed by atoms with van der Waals surface area (Å²) in [7, 11) is 0. The molecule has 2 aromatic heterocycles. The normalized spacial score (nSPS) is 10.4. The van der Waals surface area contributed by atoms with Gasteiger partial charge in [-0.15, -0.1) is 10.2 Å². The molecule has 0 amide bonds. The van der Waals surface area contributed by atoms with E-state index in [-0.39, 0.29) is 0 Å². The van der Waals surface area contributed by atoms with Crippen molar-refractivity contribution in [1.82, 2.24) is 20.2 Å². The number of hydrogen-bond acceptors (Lipinski definition) is 7. The molecule has 2 aromatic rings. The molecule has 8 heteroatoms. The number of nitrogen functional groups attached to an aromatic ring is 1. The first kappa shape index (κ1) is 9.44. The van der Waals surface area contributed by atoms with Crippen LogP contribution in [0, 0.1) is 0 Å². The third-order valence-electron chi connectivity index (χ3n) is 1.40. The second-order valence-corrected chi connectivity index (χ2v) is 4.35. The number of hydrogen-bond donors (Lipinski definition) is 3. The number of rotatable bonds is 4. The number of imidazole rings is 1. The number of nitrogens with one attached hydrogen (secondary N) is 2. The Bertz CT molecular complexity index is 383. The summed E-state index contributed by atoms with van der Waals surface area (Å²) in [5.41, 5.74) is 2.45. The lowest BCUT2D eigenvalue weighted by Gasteiger charge is -1.91. The highest BCUT2D eigenvalue weighted by Crippen LogP contribution is 2.22. The largest absolute Gasteiger partial charge is 0.340 e. The van der Waals surface area contributed by atoms with Crippen molar-refractivity contribution in [2.24, 2.45) is 5.84 Å². The number of anilines is 1. The van der Waals surface area contributed by atoms with Crippen LogP contribution in [-0.4, -0.2) is 20.2 Å². The average molecular weight is 228 g/mol. The highest BCUT2D eigenvalue weighted by Gasteiger charge is 2.04. The molecule has 2 rings (SSSR count). The molecule has 0 bridgehead atoms. The number of nitrogens with zero attached hydrogens (tertiary/aromatic N) is 3. The van der Waals surface area contributed by atoms with Gasteiger partial charge in [-0.3, -0.25) is 5.43 Å². The van der Waals surface area contributed by atoms with Gasteiger partial charge in [0.2, 0.25) is 5.13 Å². The smallest absolute Gasteiger partial charge is 0.219 e. The van der Waals surface area contributed by atoms with E-state index in [1.807, 2.05) is 0 Å². The molecule has 0 saturated heterocycles. The minimum Gasteiger partial charge on any atom is -0.340 e. The molecule has 6 nitrogen and oxygen atoms in total. The Hall–Kier alpha value is -1.12. The highest BCUT2D eigenvalue weighted by atomic mass is 32.2. The fraction of sp³-hybridized carbons (Fsp3) is 0.167. The third-order valence-corrected chi connectivity index (χ3v) is 3.35. The molecule has 4 N–H and O–H groups in total. The molecule has 0 aliphatic carbocycles. The van der Waals surface area contributed by atoms with Crippen LogP contribution in [0.25, 0.3) is 0 Å². The molecule has 0 saturated carbocycles. The number of thioether (sulfide) groups is 1. The first-order valence-electron chi connectivity index (χ1n) is 3.79. The summed E-state index contributed by atoms with van der Waals surface area (Å²) in [6.45, 7) is 0. The quantitative estimate of drug-likeness (QED) is 0.408. The zero-order valence-corrected chi connectivity index (χ0v) is 8.73. The topological polar surface area (TPSA) is 92.5 Å². The van der Waals surface area contributed by atoms with E-state index in [0.717, 1.165) is 15.9 Å². The Balaban J connectivity index is 1.92. The standard InChI is InChI=1S/C6H8N6S2/c7-10-6-12-11-4(14-6)3-13-5-8-1-2-9-5/h1-2H,3,7H2,(H,8,9)(H,10,12). The van der Waals surface area contributed by atoms with Crippen LogP contribution >= 0.6 is 23.1 Å². The van der Waals surface area contributed by atoms with E-state index in [1.54, 1.807) is 24.2 Å². The number of H-pyrrole nitrogens is 1. The summed E-state index contributed by atoms with van der Waals surface area (Å²) in [5.74, 6) is 5.93. The summed E-state index contributed by atoms with van der Waals surface area (Å²) in [6.07, 6.45) is 3.50. The predicted octanol–water partition coefficient (Wildman–Crippen LogP) is 0.839. The maximum atomic E-state index is 5.19. The van der Waals surface area contributed by atoms with Gasteiger partial charge >= 0.3 is 0 Å². The van der Waals surface area contributed by atoms with Gasteiger partial charge in [0.15, 0.2) is 5.16 Å². The van der Waals surface area contributed by atoms with E-state index in [2.05, 4.69) is 25.6 Å². The van der Waals surface area contributed by atoms with Gasteiger partial charge in [0.1, 0.15) is 5.01 Å². The molecule has 0 aliphatic rings. The average Bonchev–Trinajstić information content (AvgIpc) is 2.86. The van der Waals surface area contributed by atoms with Gasteiger partial charge in [0.05, 0.1) is 5.75 Å². The molecular weight excluding hydrogens is 220 g/mol. The van der Waals surface area contributed by atoms with Crippen LogP contribution in [0.3, 0.4) is 0 Å². The van der Waals surface area contributed by atoms with Crippen LogP contribution in [0.15, 0.2) is 17.6 Å². The monoisotopic (exact) mass is 228 g/mol. The molecule has 74 valence electrons. The van der Waals surface area contributed by atoms with E-state index < -0.39 is 0 Å². The lowest BCUT2D eigenvalue weighted by molar-refractivity contribution is 1.02. The second-order valence-electron chi connectivity index (χ2n) is 2.33. The van der Waals surface area contributed by atoms with E-state index in [4.69, 9.17) is 5.84 Å². The Morgan fingerprint density at radius 3 is 3.14 bits per heavy atom. The van der Waals surface area contributed by atoms with Crippen molar-refractivity contribution < 1.29 is 0 Å². The van der Waals surface area contributed by atoms with Crippen LogP contribution in [0.1, 0.15) is 5.01 Å². The minimum absolute atomic E-state index is 0.625. The van der Waals surface area contributed by atoms with Crippen LogP contribution in [0.5, 0.6) is 0 Å². The summed E-state index contributed by atoms with van der Waals surface area (Å²) < 4.78 is 0. The number of hydrazine groups is 1. The molecule has 0 spiro atoms. The van der Waals surface area contributed by atoms with Gasteiger partial charge in [-0.25, -0.2) is 10.8 Å². The van der Waals surface area contributed by atoms with Gasteiger partial charge in [0.25, 0.3) is 0 Å². The summed E-state index contributed by atoms with van der Waals surface area (Å²) in [6, 6.07) is 0. The lowest BCUT2D eigenvalue weighted by Crippen LogP contribution is -2.05. The fourth-order valence-corrected chi connectivity index (χ4v) is 2.29. The molecule has 0 fully saturated rings. The van der Waals surface area contributed by atoms with Gasteiger partial charge < -0.3 is 4.98 Å².